The second kappa shape index (κ2) is 5.68. The highest BCUT2D eigenvalue weighted by molar-refractivity contribution is 5.55. The number of aliphatic hydroxyl groups is 2. The minimum atomic E-state index is -0.944. The maximum atomic E-state index is 11.5. The van der Waals surface area contributed by atoms with Crippen LogP contribution in [0.2, 0.25) is 0 Å². The van der Waals surface area contributed by atoms with E-state index in [1.54, 1.807) is 0 Å². The lowest BCUT2D eigenvalue weighted by Gasteiger charge is -2.58. The minimum absolute atomic E-state index is 0.174. The number of aliphatic hydroxyl groups excluding tert-OH is 1. The quantitative estimate of drug-likeness (QED) is 0.524. The van der Waals surface area contributed by atoms with Gasteiger partial charge >= 0.3 is 0 Å². The largest absolute Gasteiger partial charge is 0.487 e. The van der Waals surface area contributed by atoms with Crippen LogP contribution < -0.4 is 5.73 Å². The second-order valence-electron chi connectivity index (χ2n) is 8.90. The van der Waals surface area contributed by atoms with E-state index in [0.29, 0.717) is 31.3 Å². The number of likely N-dealkylation sites (tertiary alicyclic amines) is 1. The van der Waals surface area contributed by atoms with Crippen molar-refractivity contribution in [2.75, 3.05) is 20.1 Å². The smallest absolute Gasteiger partial charge is 0.138 e. The summed E-state index contributed by atoms with van der Waals surface area (Å²) >= 11 is 0. The molecule has 1 unspecified atom stereocenters. The molecule has 0 radical (unpaired) electrons. The Morgan fingerprint density at radius 2 is 2.19 bits per heavy atom. The Bertz CT molecular complexity index is 714. The van der Waals surface area contributed by atoms with E-state index in [-0.39, 0.29) is 11.5 Å². The van der Waals surface area contributed by atoms with Crippen LogP contribution >= 0.6 is 0 Å². The van der Waals surface area contributed by atoms with Crippen LogP contribution in [-0.4, -0.2) is 59.1 Å². The Balaban J connectivity index is 1.62. The average molecular weight is 358 g/mol. The van der Waals surface area contributed by atoms with Crippen LogP contribution in [0.3, 0.4) is 0 Å². The number of nitrogens with two attached hydrogens (primary N) is 1. The first-order valence-corrected chi connectivity index (χ1v) is 10.1. The molecular weight excluding hydrogens is 328 g/mol. The van der Waals surface area contributed by atoms with Crippen LogP contribution in [0.25, 0.3) is 0 Å². The van der Waals surface area contributed by atoms with Crippen LogP contribution in [-0.2, 0) is 4.74 Å². The van der Waals surface area contributed by atoms with Crippen LogP contribution in [0, 0.1) is 11.3 Å². The molecule has 0 aromatic carbocycles. The molecule has 5 nitrogen and oxygen atoms in total. The van der Waals surface area contributed by atoms with Gasteiger partial charge in [0, 0.05) is 29.4 Å². The van der Waals surface area contributed by atoms with Crippen LogP contribution in [0.15, 0.2) is 35.1 Å². The van der Waals surface area contributed by atoms with Crippen molar-refractivity contribution < 1.29 is 14.9 Å². The summed E-state index contributed by atoms with van der Waals surface area (Å²) in [6.07, 6.45) is 10.6. The average Bonchev–Trinajstić information content (AvgIpc) is 2.98. The van der Waals surface area contributed by atoms with Crippen molar-refractivity contribution in [1.82, 2.24) is 4.90 Å². The molecule has 1 saturated carbocycles. The van der Waals surface area contributed by atoms with Crippen molar-refractivity contribution in [1.29, 1.82) is 0 Å². The third-order valence-corrected chi connectivity index (χ3v) is 7.63. The number of unbranched alkanes of at least 4 members (excludes halogenated alkanes) is 1. The van der Waals surface area contributed by atoms with Gasteiger partial charge in [0.2, 0.25) is 0 Å². The molecule has 1 saturated heterocycles. The van der Waals surface area contributed by atoms with Crippen LogP contribution in [0.4, 0.5) is 0 Å². The zero-order valence-electron chi connectivity index (χ0n) is 15.5. The Hall–Kier alpha value is -1.14. The molecule has 5 heteroatoms. The van der Waals surface area contributed by atoms with Crippen molar-refractivity contribution in [2.24, 2.45) is 17.1 Å². The van der Waals surface area contributed by atoms with Gasteiger partial charge in [-0.25, -0.2) is 0 Å². The zero-order valence-corrected chi connectivity index (χ0v) is 15.5. The summed E-state index contributed by atoms with van der Waals surface area (Å²) in [5, 5.41) is 22.2. The summed E-state index contributed by atoms with van der Waals surface area (Å²) in [6, 6.07) is 0.455. The number of piperidine rings is 1. The Morgan fingerprint density at radius 1 is 1.35 bits per heavy atom. The lowest BCUT2D eigenvalue weighted by atomic mass is 9.51. The van der Waals surface area contributed by atoms with E-state index in [0.717, 1.165) is 38.0 Å². The standard InChI is InChI=1S/C21H30N2O3/c1-23-11-9-21-14-4-5-16(24)18(21)26-19-17(21)13(12-15(14)23)6-8-20(19,25)7-2-3-10-22/h4-6,14-16,18,24-25H,2-3,7-12,22H2,1H3/t14-,15+,16-,18-,20?,21-/m0/s1. The molecule has 5 rings (SSSR count). The summed E-state index contributed by atoms with van der Waals surface area (Å²) in [7, 11) is 2.21. The zero-order chi connectivity index (χ0) is 18.1. The molecule has 142 valence electrons. The maximum absolute atomic E-state index is 11.5. The molecule has 2 aliphatic heterocycles. The molecule has 2 fully saturated rings. The van der Waals surface area contributed by atoms with Crippen molar-refractivity contribution in [3.8, 4) is 0 Å². The van der Waals surface area contributed by atoms with Gasteiger partial charge in [-0.1, -0.05) is 18.2 Å². The van der Waals surface area contributed by atoms with Gasteiger partial charge in [0.25, 0.3) is 0 Å². The fraction of sp³-hybridized carbons (Fsp3) is 0.714. The van der Waals surface area contributed by atoms with E-state index in [1.165, 1.54) is 11.1 Å². The van der Waals surface area contributed by atoms with Crippen molar-refractivity contribution in [3.63, 3.8) is 0 Å². The lowest BCUT2D eigenvalue weighted by Crippen LogP contribution is -2.62. The number of hydrogen-bond acceptors (Lipinski definition) is 5. The fourth-order valence-electron chi connectivity index (χ4n) is 6.33. The normalized spacial score (nSPS) is 46.1. The van der Waals surface area contributed by atoms with Gasteiger partial charge in [0.05, 0.1) is 0 Å². The molecule has 0 amide bonds. The van der Waals surface area contributed by atoms with E-state index >= 15 is 0 Å². The van der Waals surface area contributed by atoms with Gasteiger partial charge in [-0.05, 0) is 57.8 Å². The molecule has 0 aromatic heterocycles. The Kier molecular flexibility index (Phi) is 3.71. The van der Waals surface area contributed by atoms with Crippen LogP contribution in [0.1, 0.15) is 38.5 Å². The fourth-order valence-corrected chi connectivity index (χ4v) is 6.33. The first kappa shape index (κ1) is 17.0. The lowest BCUT2D eigenvalue weighted by molar-refractivity contribution is -0.103. The van der Waals surface area contributed by atoms with E-state index in [4.69, 9.17) is 10.5 Å². The van der Waals surface area contributed by atoms with E-state index < -0.39 is 11.7 Å². The molecule has 5 aliphatic rings. The molecule has 6 atom stereocenters. The minimum Gasteiger partial charge on any atom is -0.487 e. The first-order chi connectivity index (χ1) is 12.5. The first-order valence-electron chi connectivity index (χ1n) is 10.1. The maximum Gasteiger partial charge on any atom is 0.138 e. The molecule has 4 N–H and O–H groups in total. The SMILES string of the molecule is CN1CC[C@]23C4=C5O[C@H]2[C@@H](O)C=C[C@H]3[C@H]1CC4=CCC5(O)CCCCN. The Labute approximate surface area is 155 Å². The van der Waals surface area contributed by atoms with Gasteiger partial charge < -0.3 is 25.6 Å². The molecular formula is C21H30N2O3. The number of hydrogen-bond donors (Lipinski definition) is 3. The van der Waals surface area contributed by atoms with Crippen molar-refractivity contribution in [2.45, 2.75) is 62.4 Å². The summed E-state index contributed by atoms with van der Waals surface area (Å²) in [4.78, 5) is 2.46. The number of ether oxygens (including phenoxy) is 1. The Morgan fingerprint density at radius 3 is 3.00 bits per heavy atom. The summed E-state index contributed by atoms with van der Waals surface area (Å²) < 4.78 is 6.46. The summed E-state index contributed by atoms with van der Waals surface area (Å²) in [5.41, 5.74) is 7.12. The molecule has 3 aliphatic carbocycles. The molecule has 1 spiro atoms. The third kappa shape index (κ3) is 2.00. The van der Waals surface area contributed by atoms with Crippen LogP contribution in [0.5, 0.6) is 0 Å². The molecule has 26 heavy (non-hydrogen) atoms. The number of nitrogens with zero attached hydrogens (tertiary/aromatic N) is 1. The van der Waals surface area contributed by atoms with E-state index in [1.807, 2.05) is 6.08 Å². The van der Waals surface area contributed by atoms with Gasteiger partial charge in [-0.15, -0.1) is 0 Å². The third-order valence-electron chi connectivity index (χ3n) is 7.63. The van der Waals surface area contributed by atoms with Crippen molar-refractivity contribution in [3.05, 3.63) is 35.1 Å². The highest BCUT2D eigenvalue weighted by atomic mass is 16.5. The topological polar surface area (TPSA) is 79.0 Å². The van der Waals surface area contributed by atoms with E-state index in [9.17, 15) is 10.2 Å². The highest BCUT2D eigenvalue weighted by Gasteiger charge is 2.67. The number of rotatable bonds is 4. The summed E-state index contributed by atoms with van der Waals surface area (Å²) in [6.45, 7) is 1.66. The monoisotopic (exact) mass is 358 g/mol. The van der Waals surface area contributed by atoms with Crippen molar-refractivity contribution >= 4 is 0 Å². The highest BCUT2D eigenvalue weighted by Crippen LogP contribution is 2.66. The van der Waals surface area contributed by atoms with Gasteiger partial charge in [-0.3, -0.25) is 0 Å². The summed E-state index contributed by atoms with van der Waals surface area (Å²) in [5.74, 6) is 1.12. The molecule has 0 aromatic rings. The van der Waals surface area contributed by atoms with Gasteiger partial charge in [0.15, 0.2) is 0 Å². The predicted molar refractivity (Wildman–Crippen MR) is 99.2 cm³/mol. The van der Waals surface area contributed by atoms with E-state index in [2.05, 4.69) is 24.1 Å². The molecule has 2 heterocycles. The van der Waals surface area contributed by atoms with Gasteiger partial charge in [-0.2, -0.15) is 0 Å². The molecule has 2 bridgehead atoms. The second-order valence-corrected chi connectivity index (χ2v) is 8.90. The predicted octanol–water partition coefficient (Wildman–Crippen LogP) is 1.47. The van der Waals surface area contributed by atoms with Gasteiger partial charge in [0.1, 0.15) is 23.6 Å².